The minimum atomic E-state index is -0.625. The monoisotopic (exact) mass is 510 g/mol. The second-order valence-corrected chi connectivity index (χ2v) is 8.84. The van der Waals surface area contributed by atoms with Gasteiger partial charge in [0, 0.05) is 28.1 Å². The predicted molar refractivity (Wildman–Crippen MR) is 141 cm³/mol. The summed E-state index contributed by atoms with van der Waals surface area (Å²) in [5.74, 6) is 0.490. The molecule has 1 atom stereocenters. The zero-order valence-corrected chi connectivity index (χ0v) is 21.5. The van der Waals surface area contributed by atoms with Gasteiger partial charge in [-0.15, -0.1) is 0 Å². The number of rotatable bonds is 6. The number of allylic oxidation sites excluding steroid dienone is 1. The summed E-state index contributed by atoms with van der Waals surface area (Å²) in [6.07, 6.45) is 0.878. The van der Waals surface area contributed by atoms with Gasteiger partial charge in [0.2, 0.25) is 11.6 Å². The minimum Gasteiger partial charge on any atom is -0.493 e. The Morgan fingerprint density at radius 3 is 2.61 bits per heavy atom. The van der Waals surface area contributed by atoms with Crippen LogP contribution in [0, 0.1) is 18.3 Å². The molecule has 0 spiro atoms. The van der Waals surface area contributed by atoms with E-state index >= 15 is 0 Å². The van der Waals surface area contributed by atoms with E-state index in [0.717, 1.165) is 17.4 Å². The van der Waals surface area contributed by atoms with Crippen molar-refractivity contribution < 1.29 is 28.2 Å². The van der Waals surface area contributed by atoms with Crippen LogP contribution in [0.3, 0.4) is 0 Å². The first-order valence-corrected chi connectivity index (χ1v) is 12.1. The topological polar surface area (TPSA) is 117 Å². The lowest BCUT2D eigenvalue weighted by Gasteiger charge is -2.28. The number of furan rings is 1. The number of nitrogens with zero attached hydrogens (tertiary/aromatic N) is 1. The highest BCUT2D eigenvalue weighted by Gasteiger charge is 2.34. The van der Waals surface area contributed by atoms with Gasteiger partial charge in [0.15, 0.2) is 11.5 Å². The molecule has 8 nitrogen and oxygen atoms in total. The third-order valence-corrected chi connectivity index (χ3v) is 6.74. The number of hydrogen-bond acceptors (Lipinski definition) is 8. The van der Waals surface area contributed by atoms with Crippen LogP contribution < -0.4 is 24.7 Å². The largest absolute Gasteiger partial charge is 0.493 e. The maximum absolute atomic E-state index is 13.1. The molecule has 0 radical (unpaired) electrons. The molecule has 192 valence electrons. The van der Waals surface area contributed by atoms with Crippen LogP contribution in [-0.4, -0.2) is 20.2 Å². The number of nitrogens with two attached hydrogens (primary N) is 1. The Bertz CT molecular complexity index is 1640. The van der Waals surface area contributed by atoms with Gasteiger partial charge in [0.25, 0.3) is 0 Å². The molecule has 3 aromatic carbocycles. The molecule has 8 heteroatoms. The Balaban J connectivity index is 1.51. The van der Waals surface area contributed by atoms with Crippen molar-refractivity contribution in [1.82, 2.24) is 0 Å². The first kappa shape index (κ1) is 24.8. The summed E-state index contributed by atoms with van der Waals surface area (Å²) in [7, 11) is 3.08. The van der Waals surface area contributed by atoms with Gasteiger partial charge < -0.3 is 29.1 Å². The number of nitriles is 1. The zero-order valence-electron chi connectivity index (χ0n) is 21.5. The third-order valence-electron chi connectivity index (χ3n) is 6.74. The van der Waals surface area contributed by atoms with Gasteiger partial charge in [-0.25, -0.2) is 4.79 Å². The summed E-state index contributed by atoms with van der Waals surface area (Å²) in [4.78, 5) is 13.1. The molecule has 2 heterocycles. The normalized spacial score (nSPS) is 14.4. The van der Waals surface area contributed by atoms with Gasteiger partial charge in [-0.05, 0) is 43.2 Å². The van der Waals surface area contributed by atoms with Gasteiger partial charge >= 0.3 is 5.97 Å². The number of benzene rings is 3. The summed E-state index contributed by atoms with van der Waals surface area (Å²) in [6, 6.07) is 18.4. The number of carbonyl (C=O) groups excluding carboxylic acids is 1. The van der Waals surface area contributed by atoms with E-state index in [-0.39, 0.29) is 23.0 Å². The van der Waals surface area contributed by atoms with E-state index < -0.39 is 11.9 Å². The van der Waals surface area contributed by atoms with Crippen molar-refractivity contribution in [3.05, 3.63) is 94.1 Å². The number of fused-ring (bicyclic) bond motifs is 2. The highest BCUT2D eigenvalue weighted by atomic mass is 16.5. The van der Waals surface area contributed by atoms with Crippen LogP contribution in [0.5, 0.6) is 23.0 Å². The Morgan fingerprint density at radius 2 is 1.89 bits per heavy atom. The highest BCUT2D eigenvalue weighted by Crippen LogP contribution is 2.48. The summed E-state index contributed by atoms with van der Waals surface area (Å²) < 4.78 is 28.3. The van der Waals surface area contributed by atoms with E-state index in [4.69, 9.17) is 29.1 Å². The number of hydrogen-bond donors (Lipinski definition) is 1. The summed E-state index contributed by atoms with van der Waals surface area (Å²) >= 11 is 0. The molecule has 4 aromatic rings. The molecule has 0 bridgehead atoms. The molecular formula is C30H26N2O6. The minimum absolute atomic E-state index is 0.0433. The Kier molecular flexibility index (Phi) is 6.43. The number of ether oxygens (including phenoxy) is 4. The lowest BCUT2D eigenvalue weighted by molar-refractivity contribution is 0.0702. The molecule has 0 aliphatic carbocycles. The Hall–Kier alpha value is -4.90. The Labute approximate surface area is 219 Å². The van der Waals surface area contributed by atoms with Gasteiger partial charge in [0.1, 0.15) is 28.7 Å². The molecule has 2 N–H and O–H groups in total. The van der Waals surface area contributed by atoms with Crippen LogP contribution in [0.15, 0.2) is 70.5 Å². The molecule has 1 aliphatic heterocycles. The maximum Gasteiger partial charge on any atom is 0.379 e. The fourth-order valence-corrected chi connectivity index (χ4v) is 4.79. The fraction of sp³-hybridized carbons (Fsp3) is 0.200. The van der Waals surface area contributed by atoms with Gasteiger partial charge in [0.05, 0.1) is 20.1 Å². The van der Waals surface area contributed by atoms with E-state index in [1.165, 1.54) is 7.11 Å². The zero-order chi connectivity index (χ0) is 27.0. The molecule has 1 aromatic heterocycles. The van der Waals surface area contributed by atoms with Crippen molar-refractivity contribution in [3.8, 4) is 29.1 Å². The predicted octanol–water partition coefficient (Wildman–Crippen LogP) is 5.76. The van der Waals surface area contributed by atoms with Gasteiger partial charge in [-0.2, -0.15) is 5.26 Å². The maximum atomic E-state index is 13.1. The third kappa shape index (κ3) is 4.08. The highest BCUT2D eigenvalue weighted by molar-refractivity contribution is 5.97. The van der Waals surface area contributed by atoms with E-state index in [0.29, 0.717) is 39.5 Å². The first-order valence-electron chi connectivity index (χ1n) is 12.1. The van der Waals surface area contributed by atoms with Crippen LogP contribution in [0.2, 0.25) is 0 Å². The molecule has 38 heavy (non-hydrogen) atoms. The smallest absolute Gasteiger partial charge is 0.379 e. The van der Waals surface area contributed by atoms with Crippen molar-refractivity contribution in [2.45, 2.75) is 26.2 Å². The van der Waals surface area contributed by atoms with E-state index in [1.54, 1.807) is 31.4 Å². The van der Waals surface area contributed by atoms with Gasteiger partial charge in [-0.3, -0.25) is 0 Å². The number of carbonyl (C=O) groups is 1. The van der Waals surface area contributed by atoms with Gasteiger partial charge in [-0.1, -0.05) is 31.2 Å². The molecule has 0 fully saturated rings. The molecule has 1 unspecified atom stereocenters. The molecule has 0 saturated heterocycles. The lowest BCUT2D eigenvalue weighted by Crippen LogP contribution is -2.21. The average molecular weight is 511 g/mol. The van der Waals surface area contributed by atoms with Crippen molar-refractivity contribution >= 4 is 16.9 Å². The van der Waals surface area contributed by atoms with Crippen LogP contribution in [0.1, 0.15) is 45.7 Å². The number of esters is 1. The summed E-state index contributed by atoms with van der Waals surface area (Å²) in [6.45, 7) is 3.90. The standard InChI is InChI=1S/C30H26N2O6/c1-5-17-9-12-23-21(13-17)16(2)27(37-23)30(33)36-18-10-11-19-25(14-18)38-29(32)22(15-31)26(19)20-7-6-8-24(34-3)28(20)35-4/h6-14,26H,5,32H2,1-4H3. The Morgan fingerprint density at radius 1 is 1.08 bits per heavy atom. The van der Waals surface area contributed by atoms with Crippen LogP contribution in [0.4, 0.5) is 0 Å². The van der Waals surface area contributed by atoms with Crippen LogP contribution in [0.25, 0.3) is 11.0 Å². The molecule has 0 saturated carbocycles. The molecular weight excluding hydrogens is 484 g/mol. The number of methoxy groups -OCH3 is 2. The molecule has 5 rings (SSSR count). The van der Waals surface area contributed by atoms with Crippen molar-refractivity contribution in [2.75, 3.05) is 14.2 Å². The molecule has 1 aliphatic rings. The lowest BCUT2D eigenvalue weighted by atomic mass is 9.83. The average Bonchev–Trinajstić information content (AvgIpc) is 3.27. The van der Waals surface area contributed by atoms with Crippen molar-refractivity contribution in [2.24, 2.45) is 5.73 Å². The van der Waals surface area contributed by atoms with E-state index in [2.05, 4.69) is 13.0 Å². The van der Waals surface area contributed by atoms with E-state index in [1.807, 2.05) is 37.3 Å². The van der Waals surface area contributed by atoms with Crippen molar-refractivity contribution in [3.63, 3.8) is 0 Å². The van der Waals surface area contributed by atoms with E-state index in [9.17, 15) is 10.1 Å². The SMILES string of the molecule is CCc1ccc2oc(C(=O)Oc3ccc4c(c3)OC(N)=C(C#N)C4c3cccc(OC)c3OC)c(C)c2c1. The quantitative estimate of drug-likeness (QED) is 0.257. The summed E-state index contributed by atoms with van der Waals surface area (Å²) in [5, 5.41) is 10.8. The van der Waals surface area contributed by atoms with Crippen LogP contribution in [-0.2, 0) is 6.42 Å². The second-order valence-electron chi connectivity index (χ2n) is 8.84. The molecule has 0 amide bonds. The van der Waals surface area contributed by atoms with Crippen LogP contribution >= 0.6 is 0 Å². The fourth-order valence-electron chi connectivity index (χ4n) is 4.79. The number of para-hydroxylation sites is 1. The first-order chi connectivity index (χ1) is 18.4. The van der Waals surface area contributed by atoms with Crippen molar-refractivity contribution in [1.29, 1.82) is 5.26 Å². The summed E-state index contributed by atoms with van der Waals surface area (Å²) in [5.41, 5.74) is 10.2. The number of aryl methyl sites for hydroxylation is 2. The second kappa shape index (κ2) is 9.87.